The second-order valence-corrected chi connectivity index (χ2v) is 5.54. The molecule has 3 nitrogen and oxygen atoms in total. The summed E-state index contributed by atoms with van der Waals surface area (Å²) in [5.41, 5.74) is 0. The van der Waals surface area contributed by atoms with E-state index >= 15 is 0 Å². The van der Waals surface area contributed by atoms with E-state index in [0.29, 0.717) is 12.2 Å². The average molecular weight is 278 g/mol. The molecule has 0 radical (unpaired) electrons. The molecule has 1 heterocycles. The van der Waals surface area contributed by atoms with Crippen molar-refractivity contribution >= 4 is 5.78 Å². The minimum absolute atomic E-state index is 0.194. The standard InChI is InChI=1S/C17H30N2O/c1-3-5-6-7-8-9-10-11-12-13-16(20)17-18-14-15-19(17)4-2/h14-15H,3-13H2,1-2H3. The third-order valence-corrected chi connectivity index (χ3v) is 3.81. The highest BCUT2D eigenvalue weighted by Gasteiger charge is 2.10. The number of imidazole rings is 1. The zero-order chi connectivity index (χ0) is 14.6. The number of hydrogen-bond acceptors (Lipinski definition) is 2. The molecule has 0 aromatic carbocycles. The molecule has 0 N–H and O–H groups in total. The molecule has 0 saturated heterocycles. The van der Waals surface area contributed by atoms with Crippen LogP contribution < -0.4 is 0 Å². The van der Waals surface area contributed by atoms with E-state index in [2.05, 4.69) is 11.9 Å². The molecule has 0 saturated carbocycles. The van der Waals surface area contributed by atoms with Crippen LogP contribution in [0.1, 0.15) is 88.7 Å². The van der Waals surface area contributed by atoms with Gasteiger partial charge in [0.15, 0.2) is 11.6 Å². The fourth-order valence-corrected chi connectivity index (χ4v) is 2.52. The van der Waals surface area contributed by atoms with Gasteiger partial charge in [-0.05, 0) is 13.3 Å². The summed E-state index contributed by atoms with van der Waals surface area (Å²) in [4.78, 5) is 16.2. The van der Waals surface area contributed by atoms with Gasteiger partial charge in [-0.1, -0.05) is 58.3 Å². The Morgan fingerprint density at radius 1 is 1.00 bits per heavy atom. The summed E-state index contributed by atoms with van der Waals surface area (Å²) in [6, 6.07) is 0. The van der Waals surface area contributed by atoms with E-state index in [1.54, 1.807) is 6.20 Å². The first-order valence-corrected chi connectivity index (χ1v) is 8.34. The Balaban J connectivity index is 2.02. The van der Waals surface area contributed by atoms with E-state index < -0.39 is 0 Å². The maximum Gasteiger partial charge on any atom is 0.198 e. The Morgan fingerprint density at radius 3 is 2.20 bits per heavy atom. The Morgan fingerprint density at radius 2 is 1.60 bits per heavy atom. The Bertz CT molecular complexity index is 371. The molecular formula is C17H30N2O. The highest BCUT2D eigenvalue weighted by Crippen LogP contribution is 2.12. The van der Waals surface area contributed by atoms with Gasteiger partial charge in [0.05, 0.1) is 0 Å². The summed E-state index contributed by atoms with van der Waals surface area (Å²) >= 11 is 0. The number of aryl methyl sites for hydroxylation is 1. The highest BCUT2D eigenvalue weighted by atomic mass is 16.1. The summed E-state index contributed by atoms with van der Waals surface area (Å²) in [5.74, 6) is 0.826. The molecule has 0 amide bonds. The summed E-state index contributed by atoms with van der Waals surface area (Å²) in [6.07, 6.45) is 15.8. The molecule has 114 valence electrons. The van der Waals surface area contributed by atoms with E-state index in [1.165, 1.54) is 51.4 Å². The van der Waals surface area contributed by atoms with Gasteiger partial charge in [-0.3, -0.25) is 4.79 Å². The smallest absolute Gasteiger partial charge is 0.198 e. The van der Waals surface area contributed by atoms with Crippen LogP contribution in [0.25, 0.3) is 0 Å². The van der Waals surface area contributed by atoms with E-state index in [0.717, 1.165) is 13.0 Å². The first-order chi connectivity index (χ1) is 9.79. The molecule has 1 rings (SSSR count). The van der Waals surface area contributed by atoms with Crippen molar-refractivity contribution in [1.82, 2.24) is 9.55 Å². The van der Waals surface area contributed by atoms with Crippen LogP contribution in [0.2, 0.25) is 0 Å². The number of aromatic nitrogens is 2. The lowest BCUT2D eigenvalue weighted by atomic mass is 10.1. The molecule has 1 aromatic rings. The molecule has 0 aliphatic rings. The maximum atomic E-state index is 12.0. The van der Waals surface area contributed by atoms with Crippen molar-refractivity contribution < 1.29 is 4.79 Å². The van der Waals surface area contributed by atoms with E-state index in [9.17, 15) is 4.79 Å². The Hall–Kier alpha value is -1.12. The minimum atomic E-state index is 0.194. The van der Waals surface area contributed by atoms with Gasteiger partial charge < -0.3 is 4.57 Å². The fourth-order valence-electron chi connectivity index (χ4n) is 2.52. The van der Waals surface area contributed by atoms with Gasteiger partial charge in [0, 0.05) is 25.4 Å². The molecule has 0 aliphatic carbocycles. The van der Waals surface area contributed by atoms with Crippen LogP contribution in [-0.4, -0.2) is 15.3 Å². The van der Waals surface area contributed by atoms with E-state index in [4.69, 9.17) is 0 Å². The van der Waals surface area contributed by atoms with Crippen molar-refractivity contribution in [3.8, 4) is 0 Å². The summed E-state index contributed by atoms with van der Waals surface area (Å²) in [5, 5.41) is 0. The van der Waals surface area contributed by atoms with Crippen molar-refractivity contribution in [3.63, 3.8) is 0 Å². The highest BCUT2D eigenvalue weighted by molar-refractivity contribution is 5.92. The zero-order valence-corrected chi connectivity index (χ0v) is 13.2. The number of carbonyl (C=O) groups is 1. The van der Waals surface area contributed by atoms with E-state index in [-0.39, 0.29) is 5.78 Å². The van der Waals surface area contributed by atoms with Crippen LogP contribution in [0.3, 0.4) is 0 Å². The summed E-state index contributed by atoms with van der Waals surface area (Å²) in [6.45, 7) is 5.11. The first kappa shape index (κ1) is 16.9. The summed E-state index contributed by atoms with van der Waals surface area (Å²) in [7, 11) is 0. The van der Waals surface area contributed by atoms with Crippen molar-refractivity contribution in [2.45, 2.75) is 84.6 Å². The lowest BCUT2D eigenvalue weighted by Gasteiger charge is -2.04. The third-order valence-electron chi connectivity index (χ3n) is 3.81. The third kappa shape index (κ3) is 6.36. The topological polar surface area (TPSA) is 34.9 Å². The number of hydrogen-bond donors (Lipinski definition) is 0. The van der Waals surface area contributed by atoms with Crippen LogP contribution >= 0.6 is 0 Å². The zero-order valence-electron chi connectivity index (χ0n) is 13.2. The number of carbonyl (C=O) groups excluding carboxylic acids is 1. The molecule has 0 unspecified atom stereocenters. The van der Waals surface area contributed by atoms with Gasteiger partial charge >= 0.3 is 0 Å². The number of Topliss-reactive ketones (excluding diaryl/α,β-unsaturated/α-hetero) is 1. The molecule has 1 aromatic heterocycles. The van der Waals surface area contributed by atoms with Crippen molar-refractivity contribution in [3.05, 3.63) is 18.2 Å². The molecule has 3 heteroatoms. The summed E-state index contributed by atoms with van der Waals surface area (Å²) < 4.78 is 1.93. The molecule has 0 spiro atoms. The molecule has 0 bridgehead atoms. The SMILES string of the molecule is CCCCCCCCCCCC(=O)c1nccn1CC. The molecular weight excluding hydrogens is 248 g/mol. The normalized spacial score (nSPS) is 10.9. The van der Waals surface area contributed by atoms with Crippen molar-refractivity contribution in [2.24, 2.45) is 0 Å². The monoisotopic (exact) mass is 278 g/mol. The second kappa shape index (κ2) is 10.6. The number of unbranched alkanes of at least 4 members (excludes halogenated alkanes) is 8. The van der Waals surface area contributed by atoms with Gasteiger partial charge in [-0.2, -0.15) is 0 Å². The van der Waals surface area contributed by atoms with Crippen molar-refractivity contribution in [2.75, 3.05) is 0 Å². The van der Waals surface area contributed by atoms with E-state index in [1.807, 2.05) is 17.7 Å². The lowest BCUT2D eigenvalue weighted by Crippen LogP contribution is -2.09. The van der Waals surface area contributed by atoms with Crippen LogP contribution in [0.5, 0.6) is 0 Å². The number of rotatable bonds is 12. The van der Waals surface area contributed by atoms with Gasteiger partial charge in [0.25, 0.3) is 0 Å². The van der Waals surface area contributed by atoms with Gasteiger partial charge in [-0.25, -0.2) is 4.98 Å². The molecule has 0 fully saturated rings. The minimum Gasteiger partial charge on any atom is -0.329 e. The predicted molar refractivity (Wildman–Crippen MR) is 84.1 cm³/mol. The number of nitrogens with zero attached hydrogens (tertiary/aromatic N) is 2. The predicted octanol–water partition coefficient (Wildman–Crippen LogP) is 5.01. The van der Waals surface area contributed by atoms with Crippen LogP contribution in [-0.2, 0) is 6.54 Å². The van der Waals surface area contributed by atoms with Gasteiger partial charge in [-0.15, -0.1) is 0 Å². The fraction of sp³-hybridized carbons (Fsp3) is 0.765. The average Bonchev–Trinajstić information content (AvgIpc) is 2.94. The number of ketones is 1. The Labute approximate surface area is 123 Å². The van der Waals surface area contributed by atoms with Crippen LogP contribution in [0, 0.1) is 0 Å². The molecule has 20 heavy (non-hydrogen) atoms. The van der Waals surface area contributed by atoms with Crippen LogP contribution in [0.15, 0.2) is 12.4 Å². The maximum absolute atomic E-state index is 12.0. The van der Waals surface area contributed by atoms with Gasteiger partial charge in [0.1, 0.15) is 0 Å². The second-order valence-electron chi connectivity index (χ2n) is 5.54. The molecule has 0 atom stereocenters. The van der Waals surface area contributed by atoms with Crippen LogP contribution in [0.4, 0.5) is 0 Å². The molecule has 0 aliphatic heterocycles. The van der Waals surface area contributed by atoms with Crippen molar-refractivity contribution in [1.29, 1.82) is 0 Å². The quantitative estimate of drug-likeness (QED) is 0.398. The first-order valence-electron chi connectivity index (χ1n) is 8.34. The lowest BCUT2D eigenvalue weighted by molar-refractivity contribution is 0.0965. The Kier molecular flexibility index (Phi) is 9.01. The largest absolute Gasteiger partial charge is 0.329 e. The van der Waals surface area contributed by atoms with Gasteiger partial charge in [0.2, 0.25) is 0 Å².